The Bertz CT molecular complexity index is 1500. The summed E-state index contributed by atoms with van der Waals surface area (Å²) in [5.41, 5.74) is 9.82. The first kappa shape index (κ1) is 28.2. The van der Waals surface area contributed by atoms with Gasteiger partial charge in [0.25, 0.3) is 0 Å². The monoisotopic (exact) mass is 519 g/mol. The maximum atomic E-state index is 5.35. The molecule has 0 unspecified atom stereocenters. The van der Waals surface area contributed by atoms with Crippen LogP contribution in [0.1, 0.15) is 29.5 Å². The highest BCUT2D eigenvalue weighted by atomic mass is 15.1. The largest absolute Gasteiger partial charge is 0.338 e. The van der Waals surface area contributed by atoms with E-state index in [4.69, 9.17) is 6.42 Å². The van der Waals surface area contributed by atoms with Gasteiger partial charge in [0.1, 0.15) is 0 Å². The van der Waals surface area contributed by atoms with Crippen molar-refractivity contribution in [3.05, 3.63) is 169 Å². The fourth-order valence-corrected chi connectivity index (χ4v) is 4.77. The predicted molar refractivity (Wildman–Crippen MR) is 175 cm³/mol. The minimum atomic E-state index is 0.700. The Balaban J connectivity index is 1.53. The van der Waals surface area contributed by atoms with Crippen LogP contribution in [0.3, 0.4) is 0 Å². The number of terminal acetylenes is 1. The molecule has 3 aromatic rings. The van der Waals surface area contributed by atoms with Crippen molar-refractivity contribution in [1.82, 2.24) is 0 Å². The molecule has 0 N–H and O–H groups in total. The van der Waals surface area contributed by atoms with Crippen molar-refractivity contribution in [1.29, 1.82) is 0 Å². The Hall–Kier alpha value is -4.80. The number of aryl methyl sites for hydroxylation is 1. The third-order valence-electron chi connectivity index (χ3n) is 6.89. The second kappa shape index (κ2) is 15.0. The highest BCUT2D eigenvalue weighted by Gasteiger charge is 2.10. The van der Waals surface area contributed by atoms with Crippen LogP contribution in [0, 0.1) is 19.3 Å². The number of benzene rings is 3. The van der Waals surface area contributed by atoms with Crippen molar-refractivity contribution in [2.24, 2.45) is 0 Å². The summed E-state index contributed by atoms with van der Waals surface area (Å²) in [6, 6.07) is 26.2. The van der Waals surface area contributed by atoms with E-state index in [1.807, 2.05) is 18.2 Å². The molecule has 0 heterocycles. The van der Waals surface area contributed by atoms with E-state index in [9.17, 15) is 0 Å². The topological polar surface area (TPSA) is 3.24 Å². The zero-order valence-electron chi connectivity index (χ0n) is 23.3. The molecule has 198 valence electrons. The highest BCUT2D eigenvalue weighted by molar-refractivity contribution is 5.76. The van der Waals surface area contributed by atoms with E-state index in [0.717, 1.165) is 30.6 Å². The van der Waals surface area contributed by atoms with E-state index >= 15 is 0 Å². The molecule has 1 aliphatic rings. The third-order valence-corrected chi connectivity index (χ3v) is 6.89. The molecule has 0 saturated heterocycles. The molecule has 4 rings (SSSR count). The van der Waals surface area contributed by atoms with E-state index in [0.29, 0.717) is 6.54 Å². The number of hydrogen-bond donors (Lipinski definition) is 0. The number of allylic oxidation sites excluding steroid dienone is 11. The first-order chi connectivity index (χ1) is 19.7. The van der Waals surface area contributed by atoms with Gasteiger partial charge in [0.15, 0.2) is 0 Å². The molecule has 0 radical (unpaired) electrons. The van der Waals surface area contributed by atoms with Crippen LogP contribution in [0.4, 0.5) is 5.69 Å². The summed E-state index contributed by atoms with van der Waals surface area (Å²) in [4.78, 5) is 2.29. The minimum absolute atomic E-state index is 0.700. The van der Waals surface area contributed by atoms with Crippen molar-refractivity contribution >= 4 is 11.3 Å². The fourth-order valence-electron chi connectivity index (χ4n) is 4.77. The van der Waals surface area contributed by atoms with Gasteiger partial charge in [0.2, 0.25) is 0 Å². The van der Waals surface area contributed by atoms with Crippen molar-refractivity contribution in [3.63, 3.8) is 0 Å². The molecule has 0 fully saturated rings. The average Bonchev–Trinajstić information content (AvgIpc) is 3.00. The summed E-state index contributed by atoms with van der Waals surface area (Å²) in [7, 11) is 0. The van der Waals surface area contributed by atoms with Gasteiger partial charge in [-0.2, -0.15) is 0 Å². The third kappa shape index (κ3) is 7.85. The zero-order chi connectivity index (χ0) is 28.0. The van der Waals surface area contributed by atoms with Crippen LogP contribution in [0.15, 0.2) is 152 Å². The van der Waals surface area contributed by atoms with Gasteiger partial charge in [-0.3, -0.25) is 0 Å². The SMILES string of the molecule is C#C/C=C\C=C/CN(C(/C=C\Cc1ccc(-c2ccccc2C)cc1)=C/C=C)c1ccc(C2=CCCC=C2)cc1. The standard InChI is InChI=1S/C39H37N/c1-4-6-7-8-14-31-40(38-29-27-35(28-30-38)34-19-10-9-11-20-34)37(16-5-2)21-15-18-33-23-25-36(26-24-33)39-22-13-12-17-32(39)3/h1,5-8,10,12-17,19-30H,2,9,11,18,31H2,3H3/b7-6-,14-8-,21-15-,37-16+. The summed E-state index contributed by atoms with van der Waals surface area (Å²) in [6.45, 7) is 6.84. The van der Waals surface area contributed by atoms with Gasteiger partial charge >= 0.3 is 0 Å². The molecule has 3 aromatic carbocycles. The lowest BCUT2D eigenvalue weighted by atomic mass is 9.99. The highest BCUT2D eigenvalue weighted by Crippen LogP contribution is 2.27. The molecule has 40 heavy (non-hydrogen) atoms. The van der Waals surface area contributed by atoms with Gasteiger partial charge < -0.3 is 4.90 Å². The van der Waals surface area contributed by atoms with Crippen LogP contribution in [-0.4, -0.2) is 6.54 Å². The minimum Gasteiger partial charge on any atom is -0.338 e. The summed E-state index contributed by atoms with van der Waals surface area (Å²) >= 11 is 0. The summed E-state index contributed by atoms with van der Waals surface area (Å²) < 4.78 is 0. The average molecular weight is 520 g/mol. The quantitative estimate of drug-likeness (QED) is 0.180. The molecular weight excluding hydrogens is 482 g/mol. The van der Waals surface area contributed by atoms with E-state index in [1.165, 1.54) is 33.4 Å². The van der Waals surface area contributed by atoms with Crippen LogP contribution < -0.4 is 4.90 Å². The van der Waals surface area contributed by atoms with E-state index in [2.05, 4.69) is 140 Å². The smallest absolute Gasteiger partial charge is 0.0415 e. The number of rotatable bonds is 11. The van der Waals surface area contributed by atoms with Gasteiger partial charge in [-0.05, 0) is 89.9 Å². The molecule has 0 aromatic heterocycles. The van der Waals surface area contributed by atoms with Gasteiger partial charge in [-0.25, -0.2) is 0 Å². The molecule has 0 spiro atoms. The normalized spacial score (nSPS) is 13.6. The predicted octanol–water partition coefficient (Wildman–Crippen LogP) is 9.82. The lowest BCUT2D eigenvalue weighted by Crippen LogP contribution is -2.21. The van der Waals surface area contributed by atoms with E-state index < -0.39 is 0 Å². The molecule has 1 nitrogen and oxygen atoms in total. The Morgan fingerprint density at radius 1 is 0.925 bits per heavy atom. The lowest BCUT2D eigenvalue weighted by Gasteiger charge is -2.25. The first-order valence-corrected chi connectivity index (χ1v) is 13.9. The molecule has 1 heteroatoms. The molecular formula is C39H37N. The first-order valence-electron chi connectivity index (χ1n) is 13.9. The maximum Gasteiger partial charge on any atom is 0.0415 e. The van der Waals surface area contributed by atoms with Gasteiger partial charge in [-0.15, -0.1) is 6.42 Å². The molecule has 1 aliphatic carbocycles. The second-order valence-corrected chi connectivity index (χ2v) is 9.70. The van der Waals surface area contributed by atoms with Crippen LogP contribution in [0.2, 0.25) is 0 Å². The van der Waals surface area contributed by atoms with E-state index in [1.54, 1.807) is 6.08 Å². The molecule has 0 bridgehead atoms. The van der Waals surface area contributed by atoms with Crippen LogP contribution in [0.5, 0.6) is 0 Å². The maximum absolute atomic E-state index is 5.35. The summed E-state index contributed by atoms with van der Waals surface area (Å²) in [6.07, 6.45) is 31.2. The van der Waals surface area contributed by atoms with Crippen molar-refractivity contribution in [2.45, 2.75) is 26.2 Å². The van der Waals surface area contributed by atoms with Gasteiger partial charge in [-0.1, -0.05) is 122 Å². The summed E-state index contributed by atoms with van der Waals surface area (Å²) in [5, 5.41) is 0. The Morgan fingerprint density at radius 2 is 1.70 bits per heavy atom. The van der Waals surface area contributed by atoms with Crippen LogP contribution >= 0.6 is 0 Å². The van der Waals surface area contributed by atoms with Gasteiger partial charge in [0, 0.05) is 17.9 Å². The van der Waals surface area contributed by atoms with Gasteiger partial charge in [0.05, 0.1) is 0 Å². The molecule has 0 aliphatic heterocycles. The van der Waals surface area contributed by atoms with Crippen molar-refractivity contribution in [2.75, 3.05) is 11.4 Å². The van der Waals surface area contributed by atoms with Crippen molar-refractivity contribution in [3.8, 4) is 23.5 Å². The number of nitrogens with zero attached hydrogens (tertiary/aromatic N) is 1. The number of anilines is 1. The van der Waals surface area contributed by atoms with Crippen LogP contribution in [-0.2, 0) is 6.42 Å². The Labute approximate surface area is 240 Å². The molecule has 0 atom stereocenters. The van der Waals surface area contributed by atoms with E-state index in [-0.39, 0.29) is 0 Å². The lowest BCUT2D eigenvalue weighted by molar-refractivity contribution is 1.03. The zero-order valence-corrected chi connectivity index (χ0v) is 23.3. The molecule has 0 amide bonds. The molecule has 0 saturated carbocycles. The number of hydrogen-bond acceptors (Lipinski definition) is 1. The second-order valence-electron chi connectivity index (χ2n) is 9.70. The fraction of sp³-hybridized carbons (Fsp3) is 0.128. The summed E-state index contributed by atoms with van der Waals surface area (Å²) in [5.74, 6) is 2.53. The van der Waals surface area contributed by atoms with Crippen molar-refractivity contribution < 1.29 is 0 Å². The Morgan fingerprint density at radius 3 is 2.40 bits per heavy atom. The van der Waals surface area contributed by atoms with Crippen LogP contribution in [0.25, 0.3) is 16.7 Å². The Kier molecular flexibility index (Phi) is 10.6.